The van der Waals surface area contributed by atoms with Gasteiger partial charge in [-0.15, -0.1) is 0 Å². The van der Waals surface area contributed by atoms with Crippen LogP contribution in [0.25, 0.3) is 0 Å². The van der Waals surface area contributed by atoms with E-state index in [2.05, 4.69) is 55.3 Å². The van der Waals surface area contributed by atoms with E-state index in [1.54, 1.807) is 0 Å². The van der Waals surface area contributed by atoms with Crippen molar-refractivity contribution in [1.29, 1.82) is 0 Å². The highest BCUT2D eigenvalue weighted by atomic mass is 16.6. The van der Waals surface area contributed by atoms with Crippen molar-refractivity contribution < 1.29 is 9.53 Å². The van der Waals surface area contributed by atoms with Crippen LogP contribution in [-0.2, 0) is 4.74 Å². The Hall–Kier alpha value is -3.51. The Balaban J connectivity index is 0.000000236. The molecular weight excluding hydrogens is 346 g/mol. The molecule has 0 saturated carbocycles. The monoisotopic (exact) mass is 369 g/mol. The van der Waals surface area contributed by atoms with Gasteiger partial charge in [-0.25, -0.2) is 4.79 Å². The lowest BCUT2D eigenvalue weighted by atomic mass is 10.0. The van der Waals surface area contributed by atoms with Gasteiger partial charge < -0.3 is 10.1 Å². The van der Waals surface area contributed by atoms with Gasteiger partial charge in [0.05, 0.1) is 6.04 Å². The van der Waals surface area contributed by atoms with Crippen LogP contribution in [0.2, 0.25) is 0 Å². The van der Waals surface area contributed by atoms with Gasteiger partial charge in [0.25, 0.3) is 0 Å². The Kier molecular flexibility index (Phi) is 6.49. The topological polar surface area (TPSA) is 38.3 Å². The normalized spacial score (nSPS) is 14.6. The van der Waals surface area contributed by atoms with Crippen molar-refractivity contribution in [2.75, 3.05) is 6.61 Å². The molecule has 3 aromatic carbocycles. The minimum atomic E-state index is -0.365. The molecule has 3 aromatic rings. The van der Waals surface area contributed by atoms with E-state index in [1.165, 1.54) is 11.1 Å². The van der Waals surface area contributed by atoms with Crippen molar-refractivity contribution >= 4 is 6.09 Å². The summed E-state index contributed by atoms with van der Waals surface area (Å²) >= 11 is 0. The molecule has 0 aromatic heterocycles. The molecular formula is C25H23NO2. The summed E-state index contributed by atoms with van der Waals surface area (Å²) in [7, 11) is 0. The van der Waals surface area contributed by atoms with E-state index >= 15 is 0 Å². The van der Waals surface area contributed by atoms with E-state index < -0.39 is 0 Å². The van der Waals surface area contributed by atoms with Crippen molar-refractivity contribution in [1.82, 2.24) is 5.32 Å². The second-order valence-corrected chi connectivity index (χ2v) is 6.62. The number of alkyl carbamates (subject to hydrolysis) is 1. The van der Waals surface area contributed by atoms with E-state index in [1.807, 2.05) is 54.6 Å². The lowest BCUT2D eigenvalue weighted by Gasteiger charge is -2.07. The predicted molar refractivity (Wildman–Crippen MR) is 112 cm³/mol. The van der Waals surface area contributed by atoms with E-state index in [-0.39, 0.29) is 12.1 Å². The molecule has 0 aliphatic carbocycles. The van der Waals surface area contributed by atoms with Gasteiger partial charge in [0.15, 0.2) is 0 Å². The maximum absolute atomic E-state index is 11.1. The Morgan fingerprint density at radius 2 is 1.43 bits per heavy atom. The summed E-state index contributed by atoms with van der Waals surface area (Å²) < 4.78 is 4.90. The highest BCUT2D eigenvalue weighted by Gasteiger charge is 2.23. The first kappa shape index (κ1) is 19.3. The molecule has 0 unspecified atom stereocenters. The molecule has 0 bridgehead atoms. The van der Waals surface area contributed by atoms with Crippen LogP contribution in [0.5, 0.6) is 0 Å². The van der Waals surface area contributed by atoms with Crippen molar-refractivity contribution in [3.63, 3.8) is 0 Å². The van der Waals surface area contributed by atoms with Crippen LogP contribution in [0.15, 0.2) is 78.9 Å². The third-order valence-electron chi connectivity index (χ3n) is 4.51. The average molecular weight is 369 g/mol. The molecule has 4 rings (SSSR count). The number of cyclic esters (lactones) is 1. The second-order valence-electron chi connectivity index (χ2n) is 6.62. The second kappa shape index (κ2) is 9.43. The van der Waals surface area contributed by atoms with Crippen molar-refractivity contribution in [3.05, 3.63) is 107 Å². The molecule has 0 radical (unpaired) electrons. The summed E-state index contributed by atoms with van der Waals surface area (Å²) in [6.07, 6.45) is -0.365. The fraction of sp³-hybridized carbons (Fsp3) is 0.160. The predicted octanol–water partition coefficient (Wildman–Crippen LogP) is 5.17. The van der Waals surface area contributed by atoms with Gasteiger partial charge in [-0.2, -0.15) is 0 Å². The number of rotatable bonds is 1. The number of nitrogens with one attached hydrogen (secondary N) is 1. The molecule has 1 atom stereocenters. The van der Waals surface area contributed by atoms with Crippen LogP contribution in [0.3, 0.4) is 0 Å². The lowest BCUT2D eigenvalue weighted by molar-refractivity contribution is 0.177. The Morgan fingerprint density at radius 3 is 2.04 bits per heavy atom. The van der Waals surface area contributed by atoms with Gasteiger partial charge in [0.2, 0.25) is 0 Å². The fourth-order valence-corrected chi connectivity index (χ4v) is 2.73. The van der Waals surface area contributed by atoms with Gasteiger partial charge in [-0.3, -0.25) is 0 Å². The number of aryl methyl sites for hydroxylation is 2. The van der Waals surface area contributed by atoms with E-state index in [0.717, 1.165) is 16.7 Å². The number of benzene rings is 3. The zero-order chi connectivity index (χ0) is 19.8. The number of amides is 1. The summed E-state index contributed by atoms with van der Waals surface area (Å²) in [4.78, 5) is 11.1. The molecule has 1 saturated heterocycles. The van der Waals surface area contributed by atoms with Crippen LogP contribution in [0, 0.1) is 25.7 Å². The van der Waals surface area contributed by atoms with Gasteiger partial charge in [0.1, 0.15) is 6.61 Å². The number of hydrogen-bond acceptors (Lipinski definition) is 2. The number of carbonyl (C=O) groups is 1. The van der Waals surface area contributed by atoms with Crippen LogP contribution in [0.4, 0.5) is 4.79 Å². The molecule has 1 aliphatic rings. The Bertz CT molecular complexity index is 979. The van der Waals surface area contributed by atoms with E-state index in [9.17, 15) is 4.79 Å². The summed E-state index contributed by atoms with van der Waals surface area (Å²) in [6, 6.07) is 26.0. The molecule has 3 heteroatoms. The molecule has 1 fully saturated rings. The Labute approximate surface area is 166 Å². The molecule has 140 valence electrons. The molecule has 0 spiro atoms. The largest absolute Gasteiger partial charge is 0.447 e. The average Bonchev–Trinajstić information content (AvgIpc) is 3.17. The lowest BCUT2D eigenvalue weighted by Crippen LogP contribution is -2.18. The first-order valence-electron chi connectivity index (χ1n) is 9.24. The zero-order valence-electron chi connectivity index (χ0n) is 16.1. The fourth-order valence-electron chi connectivity index (χ4n) is 2.73. The van der Waals surface area contributed by atoms with Crippen LogP contribution >= 0.6 is 0 Å². The summed E-state index contributed by atoms with van der Waals surface area (Å²) in [5, 5.41) is 2.76. The van der Waals surface area contributed by atoms with Crippen molar-refractivity contribution in [3.8, 4) is 11.8 Å². The van der Waals surface area contributed by atoms with Crippen LogP contribution in [0.1, 0.15) is 33.9 Å². The SMILES string of the molecule is Cc1ccccc1C.O=C1N[C@H](c2cccc(C#Cc3ccccc3)c2)CO1. The minimum absolute atomic E-state index is 0.0824. The summed E-state index contributed by atoms with van der Waals surface area (Å²) in [6.45, 7) is 4.61. The smallest absolute Gasteiger partial charge is 0.407 e. The quantitative estimate of drug-likeness (QED) is 0.601. The van der Waals surface area contributed by atoms with Gasteiger partial charge in [-0.1, -0.05) is 66.4 Å². The number of hydrogen-bond donors (Lipinski definition) is 1. The zero-order valence-corrected chi connectivity index (χ0v) is 16.1. The summed E-state index contributed by atoms with van der Waals surface area (Å²) in [5.74, 6) is 6.25. The van der Waals surface area contributed by atoms with Crippen LogP contribution < -0.4 is 5.32 Å². The van der Waals surface area contributed by atoms with Gasteiger partial charge in [-0.05, 0) is 54.8 Å². The standard InChI is InChI=1S/C17H13NO2.C8H10/c19-17-18-16(12-20-17)15-8-4-7-14(11-15)10-9-13-5-2-1-3-6-13;1-7-5-3-4-6-8(7)2/h1-8,11,16H,12H2,(H,18,19);3-6H,1-2H3/t16-;/m0./s1. The highest BCUT2D eigenvalue weighted by Crippen LogP contribution is 2.18. The van der Waals surface area contributed by atoms with E-state index in [0.29, 0.717) is 6.61 Å². The van der Waals surface area contributed by atoms with Crippen molar-refractivity contribution in [2.45, 2.75) is 19.9 Å². The van der Waals surface area contributed by atoms with E-state index in [4.69, 9.17) is 4.74 Å². The maximum Gasteiger partial charge on any atom is 0.407 e. The molecule has 1 aliphatic heterocycles. The molecule has 3 nitrogen and oxygen atoms in total. The molecule has 1 heterocycles. The summed E-state index contributed by atoms with van der Waals surface area (Å²) in [5.41, 5.74) is 5.65. The third-order valence-corrected chi connectivity index (χ3v) is 4.51. The minimum Gasteiger partial charge on any atom is -0.447 e. The number of ether oxygens (including phenoxy) is 1. The first-order chi connectivity index (χ1) is 13.6. The van der Waals surface area contributed by atoms with Gasteiger partial charge in [0, 0.05) is 11.1 Å². The maximum atomic E-state index is 11.1. The Morgan fingerprint density at radius 1 is 0.821 bits per heavy atom. The van der Waals surface area contributed by atoms with Crippen molar-refractivity contribution in [2.24, 2.45) is 0 Å². The third kappa shape index (κ3) is 5.49. The highest BCUT2D eigenvalue weighted by molar-refractivity contribution is 5.70. The first-order valence-corrected chi connectivity index (χ1v) is 9.24. The van der Waals surface area contributed by atoms with Gasteiger partial charge >= 0.3 is 6.09 Å². The molecule has 28 heavy (non-hydrogen) atoms. The molecule has 1 amide bonds. The molecule has 1 N–H and O–H groups in total. The number of carbonyl (C=O) groups excluding carboxylic acids is 1. The van der Waals surface area contributed by atoms with Crippen LogP contribution in [-0.4, -0.2) is 12.7 Å².